The molecule has 1 fully saturated rings. The van der Waals surface area contributed by atoms with Crippen LogP contribution in [0.25, 0.3) is 0 Å². The molecule has 2 aromatic rings. The predicted octanol–water partition coefficient (Wildman–Crippen LogP) is 2.56. The van der Waals surface area contributed by atoms with Gasteiger partial charge in [-0.05, 0) is 37.8 Å². The molecule has 0 saturated heterocycles. The summed E-state index contributed by atoms with van der Waals surface area (Å²) in [5.74, 6) is 0.362. The Labute approximate surface area is 151 Å². The lowest BCUT2D eigenvalue weighted by Gasteiger charge is -2.20. The van der Waals surface area contributed by atoms with Crippen LogP contribution in [0.3, 0.4) is 0 Å². The summed E-state index contributed by atoms with van der Waals surface area (Å²) in [6.45, 7) is 2.97. The van der Waals surface area contributed by atoms with Crippen molar-refractivity contribution in [1.82, 2.24) is 20.3 Å². The Balaban J connectivity index is 1.50. The Morgan fingerprint density at radius 1 is 1.31 bits per heavy atom. The minimum atomic E-state index is -0.518. The van der Waals surface area contributed by atoms with Gasteiger partial charge in [0.1, 0.15) is 5.76 Å². The molecule has 1 saturated carbocycles. The number of furan rings is 1. The van der Waals surface area contributed by atoms with E-state index in [2.05, 4.69) is 15.6 Å². The van der Waals surface area contributed by atoms with Crippen molar-refractivity contribution in [2.45, 2.75) is 52.1 Å². The van der Waals surface area contributed by atoms with Gasteiger partial charge in [-0.3, -0.25) is 9.48 Å². The van der Waals surface area contributed by atoms with Crippen LogP contribution < -0.4 is 5.32 Å². The maximum atomic E-state index is 12.2. The van der Waals surface area contributed by atoms with E-state index in [9.17, 15) is 9.59 Å². The van der Waals surface area contributed by atoms with Gasteiger partial charge in [-0.2, -0.15) is 0 Å². The highest BCUT2D eigenvalue weighted by Gasteiger charge is 2.17. The highest BCUT2D eigenvalue weighted by atomic mass is 16.5. The van der Waals surface area contributed by atoms with Gasteiger partial charge in [-0.15, -0.1) is 5.10 Å². The van der Waals surface area contributed by atoms with Gasteiger partial charge in [-0.25, -0.2) is 4.79 Å². The topological polar surface area (TPSA) is 99.2 Å². The fourth-order valence-electron chi connectivity index (χ4n) is 3.17. The molecule has 1 amide bonds. The van der Waals surface area contributed by atoms with Crippen LogP contribution in [0, 0.1) is 5.92 Å². The van der Waals surface area contributed by atoms with Crippen molar-refractivity contribution in [3.63, 3.8) is 0 Å². The smallest absolute Gasteiger partial charge is 0.374 e. The third kappa shape index (κ3) is 4.71. The van der Waals surface area contributed by atoms with E-state index in [0.717, 1.165) is 6.54 Å². The van der Waals surface area contributed by atoms with Gasteiger partial charge in [0.2, 0.25) is 5.76 Å². The number of amides is 1. The van der Waals surface area contributed by atoms with E-state index in [-0.39, 0.29) is 30.5 Å². The zero-order valence-corrected chi connectivity index (χ0v) is 14.9. The molecule has 8 heteroatoms. The first-order valence-corrected chi connectivity index (χ1v) is 9.10. The first-order valence-electron chi connectivity index (χ1n) is 9.10. The van der Waals surface area contributed by atoms with Crippen LogP contribution in [0.4, 0.5) is 0 Å². The largest absolute Gasteiger partial charge is 0.460 e. The summed E-state index contributed by atoms with van der Waals surface area (Å²) in [5.41, 5.74) is 0.276. The number of hydrogen-bond donors (Lipinski definition) is 1. The molecular weight excluding hydrogens is 336 g/mol. The molecule has 0 radical (unpaired) electrons. The summed E-state index contributed by atoms with van der Waals surface area (Å²) in [6.07, 6.45) is 7.95. The Kier molecular flexibility index (Phi) is 6.04. The fraction of sp³-hybridized carbons (Fsp3) is 0.556. The molecule has 2 heterocycles. The minimum absolute atomic E-state index is 0.120. The lowest BCUT2D eigenvalue weighted by atomic mass is 9.89. The second-order valence-electron chi connectivity index (χ2n) is 6.50. The monoisotopic (exact) mass is 360 g/mol. The third-order valence-corrected chi connectivity index (χ3v) is 4.50. The molecule has 0 atom stereocenters. The van der Waals surface area contributed by atoms with Crippen molar-refractivity contribution in [2.75, 3.05) is 6.61 Å². The van der Waals surface area contributed by atoms with Crippen LogP contribution in [0.5, 0.6) is 0 Å². The van der Waals surface area contributed by atoms with E-state index in [1.807, 2.05) is 0 Å². The molecule has 0 aromatic carbocycles. The number of rotatable bonds is 7. The molecule has 0 unspecified atom stereocenters. The maximum absolute atomic E-state index is 12.2. The number of nitrogens with one attached hydrogen (secondary N) is 1. The van der Waals surface area contributed by atoms with Gasteiger partial charge in [0.05, 0.1) is 19.3 Å². The Hall–Kier alpha value is -2.64. The van der Waals surface area contributed by atoms with E-state index >= 15 is 0 Å². The van der Waals surface area contributed by atoms with Crippen molar-refractivity contribution in [3.8, 4) is 0 Å². The molecule has 8 nitrogen and oxygen atoms in total. The summed E-state index contributed by atoms with van der Waals surface area (Å²) in [4.78, 5) is 23.8. The van der Waals surface area contributed by atoms with Crippen LogP contribution in [-0.4, -0.2) is 33.5 Å². The molecule has 1 aliphatic rings. The summed E-state index contributed by atoms with van der Waals surface area (Å²) >= 11 is 0. The third-order valence-electron chi connectivity index (χ3n) is 4.50. The van der Waals surface area contributed by atoms with Crippen molar-refractivity contribution in [3.05, 3.63) is 35.5 Å². The molecule has 26 heavy (non-hydrogen) atoms. The molecular formula is C18H24N4O4. The van der Waals surface area contributed by atoms with Crippen LogP contribution in [-0.2, 0) is 17.8 Å². The van der Waals surface area contributed by atoms with Gasteiger partial charge in [-0.1, -0.05) is 24.5 Å². The van der Waals surface area contributed by atoms with Crippen molar-refractivity contribution < 1.29 is 18.7 Å². The number of ether oxygens (including phenoxy) is 1. The van der Waals surface area contributed by atoms with Gasteiger partial charge in [0.25, 0.3) is 5.91 Å². The average molecular weight is 360 g/mol. The first-order chi connectivity index (χ1) is 12.7. The van der Waals surface area contributed by atoms with E-state index in [1.165, 1.54) is 38.2 Å². The second kappa shape index (κ2) is 8.64. The van der Waals surface area contributed by atoms with Crippen LogP contribution in [0.2, 0.25) is 0 Å². The second-order valence-corrected chi connectivity index (χ2v) is 6.50. The van der Waals surface area contributed by atoms with Crippen molar-refractivity contribution >= 4 is 11.9 Å². The summed E-state index contributed by atoms with van der Waals surface area (Å²) < 4.78 is 12.0. The molecule has 3 rings (SSSR count). The van der Waals surface area contributed by atoms with E-state index in [1.54, 1.807) is 23.9 Å². The van der Waals surface area contributed by atoms with Crippen molar-refractivity contribution in [1.29, 1.82) is 0 Å². The van der Waals surface area contributed by atoms with E-state index in [0.29, 0.717) is 11.7 Å². The molecule has 140 valence electrons. The highest BCUT2D eigenvalue weighted by Crippen LogP contribution is 2.24. The number of esters is 1. The Bertz CT molecular complexity index is 746. The summed E-state index contributed by atoms with van der Waals surface area (Å²) in [7, 11) is 0. The summed E-state index contributed by atoms with van der Waals surface area (Å²) in [6, 6.07) is 3.16. The normalized spacial score (nSPS) is 15.0. The highest BCUT2D eigenvalue weighted by molar-refractivity contribution is 5.91. The lowest BCUT2D eigenvalue weighted by molar-refractivity contribution is 0.0488. The molecule has 1 aliphatic carbocycles. The average Bonchev–Trinajstić information content (AvgIpc) is 3.30. The number of aromatic nitrogens is 3. The molecule has 2 aromatic heterocycles. The molecule has 0 bridgehead atoms. The molecule has 0 spiro atoms. The zero-order chi connectivity index (χ0) is 18.4. The maximum Gasteiger partial charge on any atom is 0.374 e. The van der Waals surface area contributed by atoms with Gasteiger partial charge >= 0.3 is 5.97 Å². The van der Waals surface area contributed by atoms with E-state index < -0.39 is 5.97 Å². The quantitative estimate of drug-likeness (QED) is 0.762. The SMILES string of the molecule is CCOC(=O)c1ccc(CNC(=O)c2cn(CC3CCCCC3)nn2)o1. The number of hydrogen-bond acceptors (Lipinski definition) is 6. The number of carbonyl (C=O) groups excluding carboxylic acids is 2. The zero-order valence-electron chi connectivity index (χ0n) is 14.9. The fourth-order valence-corrected chi connectivity index (χ4v) is 3.17. The molecule has 0 aliphatic heterocycles. The van der Waals surface area contributed by atoms with Gasteiger partial charge in [0.15, 0.2) is 5.69 Å². The summed E-state index contributed by atoms with van der Waals surface area (Å²) in [5, 5.41) is 10.7. The van der Waals surface area contributed by atoms with Crippen LogP contribution in [0.1, 0.15) is 65.8 Å². The number of carbonyl (C=O) groups is 2. The van der Waals surface area contributed by atoms with E-state index in [4.69, 9.17) is 9.15 Å². The Morgan fingerprint density at radius 3 is 2.88 bits per heavy atom. The lowest BCUT2D eigenvalue weighted by Crippen LogP contribution is -2.23. The molecule has 1 N–H and O–H groups in total. The Morgan fingerprint density at radius 2 is 2.12 bits per heavy atom. The van der Waals surface area contributed by atoms with Crippen molar-refractivity contribution in [2.24, 2.45) is 5.92 Å². The van der Waals surface area contributed by atoms with Gasteiger partial charge in [0, 0.05) is 6.54 Å². The van der Waals surface area contributed by atoms with Crippen LogP contribution >= 0.6 is 0 Å². The number of nitrogens with zero attached hydrogens (tertiary/aromatic N) is 3. The first kappa shape index (κ1) is 18.2. The van der Waals surface area contributed by atoms with Gasteiger partial charge < -0.3 is 14.5 Å². The van der Waals surface area contributed by atoms with Crippen LogP contribution in [0.15, 0.2) is 22.7 Å². The standard InChI is InChI=1S/C18H24N4O4/c1-2-25-18(24)16-9-8-14(26-16)10-19-17(23)15-12-22(21-20-15)11-13-6-4-3-5-7-13/h8-9,12-13H,2-7,10-11H2,1H3,(H,19,23). The minimum Gasteiger partial charge on any atom is -0.460 e. The predicted molar refractivity (Wildman–Crippen MR) is 92.4 cm³/mol.